The largest absolute Gasteiger partial charge is 0.462 e. The summed E-state index contributed by atoms with van der Waals surface area (Å²) in [6.45, 7) is 3.97. The fraction of sp³-hybridized carbons (Fsp3) is 0.250. The zero-order chi connectivity index (χ0) is 15.2. The molecule has 1 aromatic heterocycles. The summed E-state index contributed by atoms with van der Waals surface area (Å²) in [7, 11) is 0. The van der Waals surface area contributed by atoms with Crippen molar-refractivity contribution in [1.29, 1.82) is 0 Å². The molecule has 0 radical (unpaired) electrons. The molecule has 0 spiro atoms. The normalized spacial score (nSPS) is 11.8. The van der Waals surface area contributed by atoms with Crippen LogP contribution in [0.3, 0.4) is 0 Å². The van der Waals surface area contributed by atoms with Crippen molar-refractivity contribution in [2.24, 2.45) is 0 Å². The fourth-order valence-corrected chi connectivity index (χ4v) is 1.93. The van der Waals surface area contributed by atoms with Crippen molar-refractivity contribution >= 4 is 11.8 Å². The van der Waals surface area contributed by atoms with E-state index in [0.29, 0.717) is 18.0 Å². The van der Waals surface area contributed by atoms with Crippen molar-refractivity contribution in [3.63, 3.8) is 0 Å². The van der Waals surface area contributed by atoms with E-state index in [1.165, 1.54) is 12.1 Å². The number of esters is 1. The summed E-state index contributed by atoms with van der Waals surface area (Å²) in [5.41, 5.74) is 1.28. The number of hydrogen-bond acceptors (Lipinski definition) is 4. The Hall–Kier alpha value is -2.43. The van der Waals surface area contributed by atoms with Gasteiger partial charge in [-0.2, -0.15) is 0 Å². The second-order valence-corrected chi connectivity index (χ2v) is 4.54. The van der Waals surface area contributed by atoms with Crippen molar-refractivity contribution in [2.75, 3.05) is 11.9 Å². The number of anilines is 1. The van der Waals surface area contributed by atoms with E-state index in [2.05, 4.69) is 10.3 Å². The molecule has 0 saturated carbocycles. The van der Waals surface area contributed by atoms with Gasteiger partial charge in [0.05, 0.1) is 6.61 Å². The lowest BCUT2D eigenvalue weighted by atomic mass is 10.1. The minimum absolute atomic E-state index is 0.117. The molecule has 0 fully saturated rings. The minimum Gasteiger partial charge on any atom is -0.462 e. The quantitative estimate of drug-likeness (QED) is 0.855. The molecule has 1 unspecified atom stereocenters. The topological polar surface area (TPSA) is 51.2 Å². The van der Waals surface area contributed by atoms with Crippen molar-refractivity contribution < 1.29 is 13.9 Å². The first-order valence-corrected chi connectivity index (χ1v) is 6.76. The number of rotatable bonds is 5. The van der Waals surface area contributed by atoms with Gasteiger partial charge in [0.15, 0.2) is 0 Å². The Morgan fingerprint density at radius 1 is 1.33 bits per heavy atom. The predicted molar refractivity (Wildman–Crippen MR) is 78.6 cm³/mol. The summed E-state index contributed by atoms with van der Waals surface area (Å²) in [6, 6.07) is 9.41. The second-order valence-electron chi connectivity index (χ2n) is 4.54. The molecule has 0 aliphatic rings. The number of halogens is 1. The van der Waals surface area contributed by atoms with Crippen LogP contribution in [0.1, 0.15) is 35.8 Å². The highest BCUT2D eigenvalue weighted by Gasteiger charge is 2.15. The molecule has 1 aromatic carbocycles. The highest BCUT2D eigenvalue weighted by molar-refractivity contribution is 5.94. The Bertz CT molecular complexity index is 614. The maximum Gasteiger partial charge on any atom is 0.341 e. The molecule has 21 heavy (non-hydrogen) atoms. The molecule has 0 aliphatic carbocycles. The lowest BCUT2D eigenvalue weighted by molar-refractivity contribution is 0.0527. The number of nitrogens with zero attached hydrogens (tertiary/aromatic N) is 1. The van der Waals surface area contributed by atoms with Gasteiger partial charge in [0, 0.05) is 12.2 Å². The zero-order valence-corrected chi connectivity index (χ0v) is 12.0. The van der Waals surface area contributed by atoms with E-state index in [1.807, 2.05) is 6.92 Å². The molecular formula is C16H17FN2O2. The molecule has 0 amide bonds. The highest BCUT2D eigenvalue weighted by atomic mass is 19.1. The molecule has 1 N–H and O–H groups in total. The first kappa shape index (κ1) is 15.0. The number of hydrogen-bond donors (Lipinski definition) is 1. The van der Waals surface area contributed by atoms with Crippen LogP contribution in [-0.2, 0) is 4.74 Å². The summed E-state index contributed by atoms with van der Waals surface area (Å²) >= 11 is 0. The van der Waals surface area contributed by atoms with Crippen LogP contribution in [0.25, 0.3) is 0 Å². The van der Waals surface area contributed by atoms with Crippen molar-refractivity contribution in [2.45, 2.75) is 19.9 Å². The molecule has 110 valence electrons. The van der Waals surface area contributed by atoms with Crippen LogP contribution in [0, 0.1) is 5.82 Å². The van der Waals surface area contributed by atoms with Crippen molar-refractivity contribution in [3.8, 4) is 0 Å². The van der Waals surface area contributed by atoms with Crippen molar-refractivity contribution in [3.05, 3.63) is 59.5 Å². The zero-order valence-electron chi connectivity index (χ0n) is 12.0. The van der Waals surface area contributed by atoms with Gasteiger partial charge in [0.2, 0.25) is 0 Å². The van der Waals surface area contributed by atoms with Gasteiger partial charge in [-0.25, -0.2) is 14.2 Å². The second kappa shape index (κ2) is 6.83. The van der Waals surface area contributed by atoms with Crippen LogP contribution in [0.4, 0.5) is 10.2 Å². The van der Waals surface area contributed by atoms with Crippen LogP contribution >= 0.6 is 0 Å². The predicted octanol–water partition coefficient (Wildman–Crippen LogP) is 3.57. The molecule has 2 rings (SSSR count). The molecule has 2 aromatic rings. The van der Waals surface area contributed by atoms with Gasteiger partial charge in [-0.1, -0.05) is 12.1 Å². The first-order chi connectivity index (χ1) is 10.1. The van der Waals surface area contributed by atoms with E-state index in [1.54, 1.807) is 37.4 Å². The van der Waals surface area contributed by atoms with E-state index in [0.717, 1.165) is 5.56 Å². The number of nitrogens with one attached hydrogen (secondary N) is 1. The van der Waals surface area contributed by atoms with Crippen LogP contribution in [0.5, 0.6) is 0 Å². The van der Waals surface area contributed by atoms with E-state index < -0.39 is 5.97 Å². The Balaban J connectivity index is 2.19. The van der Waals surface area contributed by atoms with Crippen molar-refractivity contribution in [1.82, 2.24) is 4.98 Å². The van der Waals surface area contributed by atoms with Gasteiger partial charge in [-0.3, -0.25) is 0 Å². The molecular weight excluding hydrogens is 271 g/mol. The van der Waals surface area contributed by atoms with Gasteiger partial charge in [-0.15, -0.1) is 0 Å². The standard InChI is InChI=1S/C16H17FN2O2/c1-3-21-16(20)14-5-4-10-18-15(14)19-11(2)12-6-8-13(17)9-7-12/h4-11H,3H2,1-2H3,(H,18,19). The third-order valence-electron chi connectivity index (χ3n) is 3.03. The maximum absolute atomic E-state index is 12.9. The molecule has 1 heterocycles. The summed E-state index contributed by atoms with van der Waals surface area (Å²) in [4.78, 5) is 16.1. The van der Waals surface area contributed by atoms with Crippen LogP contribution in [0.15, 0.2) is 42.6 Å². The molecule has 0 saturated heterocycles. The molecule has 1 atom stereocenters. The molecule has 0 aliphatic heterocycles. The molecule has 0 bridgehead atoms. The number of benzene rings is 1. The van der Waals surface area contributed by atoms with Gasteiger partial charge >= 0.3 is 5.97 Å². The number of ether oxygens (including phenoxy) is 1. The van der Waals surface area contributed by atoms with Gasteiger partial charge < -0.3 is 10.1 Å². The van der Waals surface area contributed by atoms with E-state index in [4.69, 9.17) is 4.74 Å². The highest BCUT2D eigenvalue weighted by Crippen LogP contribution is 2.21. The maximum atomic E-state index is 12.9. The Labute approximate surface area is 123 Å². The minimum atomic E-state index is -0.417. The lowest BCUT2D eigenvalue weighted by Gasteiger charge is -2.17. The number of carbonyl (C=O) groups excluding carboxylic acids is 1. The average molecular weight is 288 g/mol. The summed E-state index contributed by atoms with van der Waals surface area (Å²) in [5, 5.41) is 3.15. The Morgan fingerprint density at radius 2 is 2.05 bits per heavy atom. The molecule has 5 heteroatoms. The molecule has 4 nitrogen and oxygen atoms in total. The number of pyridine rings is 1. The van der Waals surface area contributed by atoms with Gasteiger partial charge in [0.1, 0.15) is 17.2 Å². The smallest absolute Gasteiger partial charge is 0.341 e. The third-order valence-corrected chi connectivity index (χ3v) is 3.03. The van der Waals surface area contributed by atoms with Crippen LogP contribution in [-0.4, -0.2) is 17.6 Å². The fourth-order valence-electron chi connectivity index (χ4n) is 1.93. The summed E-state index contributed by atoms with van der Waals surface area (Å²) < 4.78 is 17.9. The van der Waals surface area contributed by atoms with Crippen LogP contribution < -0.4 is 5.32 Å². The SMILES string of the molecule is CCOC(=O)c1cccnc1NC(C)c1ccc(F)cc1. The van der Waals surface area contributed by atoms with Gasteiger partial charge in [0.25, 0.3) is 0 Å². The number of carbonyl (C=O) groups is 1. The van der Waals surface area contributed by atoms with E-state index >= 15 is 0 Å². The summed E-state index contributed by atoms with van der Waals surface area (Å²) in [6.07, 6.45) is 1.60. The Kier molecular flexibility index (Phi) is 4.87. The summed E-state index contributed by atoms with van der Waals surface area (Å²) in [5.74, 6) is -0.247. The Morgan fingerprint density at radius 3 is 2.71 bits per heavy atom. The monoisotopic (exact) mass is 288 g/mol. The average Bonchev–Trinajstić information content (AvgIpc) is 2.48. The third kappa shape index (κ3) is 3.78. The first-order valence-electron chi connectivity index (χ1n) is 6.76. The van der Waals surface area contributed by atoms with E-state index in [-0.39, 0.29) is 11.9 Å². The van der Waals surface area contributed by atoms with Gasteiger partial charge in [-0.05, 0) is 43.7 Å². The lowest BCUT2D eigenvalue weighted by Crippen LogP contribution is -2.14. The number of aromatic nitrogens is 1. The van der Waals surface area contributed by atoms with E-state index in [9.17, 15) is 9.18 Å². The van der Waals surface area contributed by atoms with Crippen LogP contribution in [0.2, 0.25) is 0 Å².